The highest BCUT2D eigenvalue weighted by atomic mass is 16.5. The molecule has 0 unspecified atom stereocenters. The number of carbonyl (C=O) groups is 1. The molecule has 0 amide bonds. The van der Waals surface area contributed by atoms with Crippen LogP contribution in [0.3, 0.4) is 0 Å². The van der Waals surface area contributed by atoms with E-state index in [0.29, 0.717) is 11.3 Å². The standard InChI is InChI=1S/C8H9NO2.C6H15N/c1-11-8(10)6-4-2-3-5-7(6)9;1-4-7(5-2)6-3/h2-5H,9H2,1H3;4-6H2,1-3H3. The molecule has 0 aliphatic heterocycles. The van der Waals surface area contributed by atoms with E-state index in [2.05, 4.69) is 30.4 Å². The number of hydrogen-bond donors (Lipinski definition) is 1. The van der Waals surface area contributed by atoms with Crippen LogP contribution >= 0.6 is 0 Å². The molecule has 102 valence electrons. The molecule has 4 nitrogen and oxygen atoms in total. The molecule has 0 aromatic heterocycles. The highest BCUT2D eigenvalue weighted by Crippen LogP contribution is 2.10. The number of anilines is 1. The van der Waals surface area contributed by atoms with E-state index < -0.39 is 5.97 Å². The van der Waals surface area contributed by atoms with Crippen molar-refractivity contribution in [1.82, 2.24) is 4.90 Å². The van der Waals surface area contributed by atoms with E-state index in [9.17, 15) is 4.79 Å². The average Bonchev–Trinajstić information content (AvgIpc) is 2.41. The minimum absolute atomic E-state index is 0.400. The minimum atomic E-state index is -0.400. The van der Waals surface area contributed by atoms with Crippen LogP contribution in [-0.2, 0) is 4.74 Å². The number of para-hydroxylation sites is 1. The summed E-state index contributed by atoms with van der Waals surface area (Å²) < 4.78 is 4.50. The van der Waals surface area contributed by atoms with E-state index in [-0.39, 0.29) is 0 Å². The predicted molar refractivity (Wildman–Crippen MR) is 75.7 cm³/mol. The summed E-state index contributed by atoms with van der Waals surface area (Å²) in [6.45, 7) is 10.1. The maximum absolute atomic E-state index is 10.9. The lowest BCUT2D eigenvalue weighted by Crippen LogP contribution is -2.21. The van der Waals surface area contributed by atoms with Crippen molar-refractivity contribution in [3.05, 3.63) is 29.8 Å². The second-order valence-electron chi connectivity index (χ2n) is 3.70. The molecule has 0 fully saturated rings. The molecule has 4 heteroatoms. The van der Waals surface area contributed by atoms with Gasteiger partial charge in [0.05, 0.1) is 12.7 Å². The number of rotatable bonds is 4. The lowest BCUT2D eigenvalue weighted by Gasteiger charge is -2.13. The summed E-state index contributed by atoms with van der Waals surface area (Å²) in [7, 11) is 1.33. The molecule has 2 N–H and O–H groups in total. The Kier molecular flexibility index (Phi) is 8.66. The van der Waals surface area contributed by atoms with Gasteiger partial charge >= 0.3 is 5.97 Å². The third-order valence-electron chi connectivity index (χ3n) is 2.71. The van der Waals surface area contributed by atoms with Crippen LogP contribution in [0.25, 0.3) is 0 Å². The Hall–Kier alpha value is -1.55. The van der Waals surface area contributed by atoms with Crippen LogP contribution in [0.1, 0.15) is 31.1 Å². The van der Waals surface area contributed by atoms with Crippen LogP contribution in [0.15, 0.2) is 24.3 Å². The smallest absolute Gasteiger partial charge is 0.339 e. The third-order valence-corrected chi connectivity index (χ3v) is 2.71. The first-order valence-corrected chi connectivity index (χ1v) is 6.25. The number of esters is 1. The molecule has 1 aromatic carbocycles. The minimum Gasteiger partial charge on any atom is -0.465 e. The molecule has 0 heterocycles. The second kappa shape index (κ2) is 9.48. The van der Waals surface area contributed by atoms with Crippen molar-refractivity contribution in [1.29, 1.82) is 0 Å². The quantitative estimate of drug-likeness (QED) is 0.660. The molecule has 0 aliphatic carbocycles. The van der Waals surface area contributed by atoms with Gasteiger partial charge in [-0.3, -0.25) is 0 Å². The summed E-state index contributed by atoms with van der Waals surface area (Å²) in [6.07, 6.45) is 0. The number of hydrogen-bond acceptors (Lipinski definition) is 4. The van der Waals surface area contributed by atoms with Crippen LogP contribution in [0.5, 0.6) is 0 Å². The van der Waals surface area contributed by atoms with Crippen LogP contribution < -0.4 is 5.73 Å². The van der Waals surface area contributed by atoms with Gasteiger partial charge in [-0.1, -0.05) is 32.9 Å². The maximum Gasteiger partial charge on any atom is 0.339 e. The van der Waals surface area contributed by atoms with Crippen molar-refractivity contribution in [3.63, 3.8) is 0 Å². The largest absolute Gasteiger partial charge is 0.465 e. The molecule has 0 radical (unpaired) electrons. The van der Waals surface area contributed by atoms with Crippen LogP contribution in [0, 0.1) is 0 Å². The zero-order valence-electron chi connectivity index (χ0n) is 11.8. The van der Waals surface area contributed by atoms with Crippen molar-refractivity contribution in [2.24, 2.45) is 0 Å². The zero-order chi connectivity index (χ0) is 14.0. The molecule has 0 saturated heterocycles. The molecular formula is C14H24N2O2. The van der Waals surface area contributed by atoms with Crippen molar-refractivity contribution >= 4 is 11.7 Å². The van der Waals surface area contributed by atoms with Crippen molar-refractivity contribution in [2.45, 2.75) is 20.8 Å². The number of methoxy groups -OCH3 is 1. The average molecular weight is 252 g/mol. The monoisotopic (exact) mass is 252 g/mol. The number of benzene rings is 1. The van der Waals surface area contributed by atoms with E-state index in [1.807, 2.05) is 0 Å². The zero-order valence-corrected chi connectivity index (χ0v) is 11.8. The van der Waals surface area contributed by atoms with Gasteiger partial charge in [0, 0.05) is 5.69 Å². The van der Waals surface area contributed by atoms with Crippen LogP contribution in [0.2, 0.25) is 0 Å². The van der Waals surface area contributed by atoms with Crippen LogP contribution in [-0.4, -0.2) is 37.6 Å². The van der Waals surface area contributed by atoms with Gasteiger partial charge in [0.15, 0.2) is 0 Å². The van der Waals surface area contributed by atoms with Crippen molar-refractivity contribution in [3.8, 4) is 0 Å². The number of nitrogens with two attached hydrogens (primary N) is 1. The molecule has 0 atom stereocenters. The topological polar surface area (TPSA) is 55.6 Å². The maximum atomic E-state index is 10.9. The molecule has 0 aliphatic rings. The molecule has 18 heavy (non-hydrogen) atoms. The van der Waals surface area contributed by atoms with Gasteiger partial charge in [-0.2, -0.15) is 0 Å². The van der Waals surface area contributed by atoms with Gasteiger partial charge < -0.3 is 15.4 Å². The Bertz CT molecular complexity index is 344. The fourth-order valence-corrected chi connectivity index (χ4v) is 1.46. The van der Waals surface area contributed by atoms with E-state index >= 15 is 0 Å². The summed E-state index contributed by atoms with van der Waals surface area (Å²) >= 11 is 0. The first kappa shape index (κ1) is 16.4. The van der Waals surface area contributed by atoms with Gasteiger partial charge in [-0.25, -0.2) is 4.79 Å². The Balaban J connectivity index is 0.000000360. The predicted octanol–water partition coefficient (Wildman–Crippen LogP) is 2.40. The lowest BCUT2D eigenvalue weighted by atomic mass is 10.2. The first-order chi connectivity index (χ1) is 8.60. The molecule has 1 aromatic rings. The molecule has 0 bridgehead atoms. The number of carbonyl (C=O) groups excluding carboxylic acids is 1. The molecule has 1 rings (SSSR count). The fourth-order valence-electron chi connectivity index (χ4n) is 1.46. The lowest BCUT2D eigenvalue weighted by molar-refractivity contribution is 0.0602. The molecule has 0 spiro atoms. The Labute approximate surface area is 110 Å². The van der Waals surface area contributed by atoms with E-state index in [1.165, 1.54) is 26.7 Å². The highest BCUT2D eigenvalue weighted by Gasteiger charge is 2.06. The highest BCUT2D eigenvalue weighted by molar-refractivity contribution is 5.94. The fraction of sp³-hybridized carbons (Fsp3) is 0.500. The summed E-state index contributed by atoms with van der Waals surface area (Å²) in [6, 6.07) is 6.79. The van der Waals surface area contributed by atoms with Crippen molar-refractivity contribution < 1.29 is 9.53 Å². The summed E-state index contributed by atoms with van der Waals surface area (Å²) in [5.74, 6) is -0.400. The van der Waals surface area contributed by atoms with E-state index in [0.717, 1.165) is 0 Å². The number of nitrogen functional groups attached to an aromatic ring is 1. The number of ether oxygens (including phenoxy) is 1. The summed E-state index contributed by atoms with van der Waals surface area (Å²) in [5, 5.41) is 0. The van der Waals surface area contributed by atoms with Gasteiger partial charge in [-0.05, 0) is 31.8 Å². The first-order valence-electron chi connectivity index (χ1n) is 6.25. The van der Waals surface area contributed by atoms with E-state index in [1.54, 1.807) is 24.3 Å². The Morgan fingerprint density at radius 2 is 1.67 bits per heavy atom. The van der Waals surface area contributed by atoms with Crippen LogP contribution in [0.4, 0.5) is 5.69 Å². The molecule has 0 saturated carbocycles. The second-order valence-corrected chi connectivity index (χ2v) is 3.70. The summed E-state index contributed by atoms with van der Waals surface area (Å²) in [4.78, 5) is 13.3. The van der Waals surface area contributed by atoms with Gasteiger partial charge in [0.25, 0.3) is 0 Å². The van der Waals surface area contributed by atoms with Crippen molar-refractivity contribution in [2.75, 3.05) is 32.5 Å². The van der Waals surface area contributed by atoms with Gasteiger partial charge in [0.2, 0.25) is 0 Å². The molecular weight excluding hydrogens is 228 g/mol. The Morgan fingerprint density at radius 3 is 2.00 bits per heavy atom. The Morgan fingerprint density at radius 1 is 1.17 bits per heavy atom. The van der Waals surface area contributed by atoms with Gasteiger partial charge in [0.1, 0.15) is 0 Å². The number of nitrogens with zero attached hydrogens (tertiary/aromatic N) is 1. The van der Waals surface area contributed by atoms with Gasteiger partial charge in [-0.15, -0.1) is 0 Å². The summed E-state index contributed by atoms with van der Waals surface area (Å²) in [5.41, 5.74) is 6.35. The third kappa shape index (κ3) is 5.68. The SMILES string of the molecule is CCN(CC)CC.COC(=O)c1ccccc1N. The normalized spacial score (nSPS) is 9.61. The van der Waals surface area contributed by atoms with E-state index in [4.69, 9.17) is 5.73 Å².